The van der Waals surface area contributed by atoms with Crippen LogP contribution >= 0.6 is 0 Å². The molecule has 4 nitrogen and oxygen atoms in total. The van der Waals surface area contributed by atoms with E-state index < -0.39 is 0 Å². The van der Waals surface area contributed by atoms with Crippen molar-refractivity contribution in [3.63, 3.8) is 0 Å². The fourth-order valence-electron chi connectivity index (χ4n) is 3.72. The van der Waals surface area contributed by atoms with Crippen LogP contribution in [0.15, 0.2) is 12.4 Å². The molecule has 0 radical (unpaired) electrons. The first-order valence-electron chi connectivity index (χ1n) is 7.58. The standard InChI is InChI=1S/C15H22N4/c1-18-6-5-14-12(10-18)4-7-19(14)13-8-16-15(17-9-13)11-2-3-11/h8-9,11-12,14H,2-7,10H2,1H3/t12-,14?/m1/s1. The number of likely N-dealkylation sites (tertiary alicyclic amines) is 1. The molecule has 2 saturated heterocycles. The average Bonchev–Trinajstić information content (AvgIpc) is 3.20. The fraction of sp³-hybridized carbons (Fsp3) is 0.733. The van der Waals surface area contributed by atoms with Crippen LogP contribution in [0.5, 0.6) is 0 Å². The summed E-state index contributed by atoms with van der Waals surface area (Å²) in [6, 6.07) is 0.714. The summed E-state index contributed by atoms with van der Waals surface area (Å²) >= 11 is 0. The summed E-state index contributed by atoms with van der Waals surface area (Å²) in [5.41, 5.74) is 1.24. The van der Waals surface area contributed by atoms with E-state index in [9.17, 15) is 0 Å². The van der Waals surface area contributed by atoms with Gasteiger partial charge in [0.25, 0.3) is 0 Å². The molecule has 3 fully saturated rings. The summed E-state index contributed by atoms with van der Waals surface area (Å²) in [6.07, 6.45) is 9.27. The first-order valence-corrected chi connectivity index (χ1v) is 7.58. The lowest BCUT2D eigenvalue weighted by Gasteiger charge is -2.36. The third kappa shape index (κ3) is 2.12. The highest BCUT2D eigenvalue weighted by Gasteiger charge is 2.37. The van der Waals surface area contributed by atoms with Crippen molar-refractivity contribution in [3.8, 4) is 0 Å². The minimum Gasteiger partial charge on any atom is -0.366 e. The first kappa shape index (κ1) is 11.6. The van der Waals surface area contributed by atoms with E-state index >= 15 is 0 Å². The van der Waals surface area contributed by atoms with Gasteiger partial charge in [0.15, 0.2) is 0 Å². The summed E-state index contributed by atoms with van der Waals surface area (Å²) in [7, 11) is 2.24. The Balaban J connectivity index is 1.52. The summed E-state index contributed by atoms with van der Waals surface area (Å²) in [5.74, 6) is 2.55. The first-order chi connectivity index (χ1) is 9.31. The van der Waals surface area contributed by atoms with E-state index in [4.69, 9.17) is 0 Å². The van der Waals surface area contributed by atoms with Crippen LogP contribution in [0.1, 0.15) is 37.4 Å². The van der Waals surface area contributed by atoms with Gasteiger partial charge in [-0.1, -0.05) is 0 Å². The molecule has 2 atom stereocenters. The van der Waals surface area contributed by atoms with E-state index in [0.717, 1.165) is 11.7 Å². The van der Waals surface area contributed by atoms with E-state index in [1.165, 1.54) is 51.0 Å². The van der Waals surface area contributed by atoms with Gasteiger partial charge in [0.1, 0.15) is 5.82 Å². The van der Waals surface area contributed by atoms with Gasteiger partial charge >= 0.3 is 0 Å². The number of hydrogen-bond donors (Lipinski definition) is 0. The largest absolute Gasteiger partial charge is 0.366 e. The summed E-state index contributed by atoms with van der Waals surface area (Å²) in [4.78, 5) is 14.2. The van der Waals surface area contributed by atoms with Crippen LogP contribution in [0.3, 0.4) is 0 Å². The zero-order valence-corrected chi connectivity index (χ0v) is 11.6. The Morgan fingerprint density at radius 2 is 1.84 bits per heavy atom. The second kappa shape index (κ2) is 4.44. The molecule has 4 rings (SSSR count). The Bertz CT molecular complexity index is 454. The van der Waals surface area contributed by atoms with Gasteiger partial charge in [0, 0.05) is 25.0 Å². The Hall–Kier alpha value is -1.16. The number of nitrogens with zero attached hydrogens (tertiary/aromatic N) is 4. The maximum atomic E-state index is 4.57. The maximum Gasteiger partial charge on any atom is 0.131 e. The van der Waals surface area contributed by atoms with Gasteiger partial charge in [-0.25, -0.2) is 9.97 Å². The molecular formula is C15H22N4. The Labute approximate surface area is 114 Å². The molecule has 0 spiro atoms. The fourth-order valence-corrected chi connectivity index (χ4v) is 3.72. The maximum absolute atomic E-state index is 4.57. The highest BCUT2D eigenvalue weighted by molar-refractivity contribution is 5.45. The molecule has 3 heterocycles. The lowest BCUT2D eigenvalue weighted by Crippen LogP contribution is -2.44. The minimum absolute atomic E-state index is 0.656. The van der Waals surface area contributed by atoms with E-state index in [0.29, 0.717) is 12.0 Å². The number of rotatable bonds is 2. The van der Waals surface area contributed by atoms with Gasteiger partial charge in [-0.15, -0.1) is 0 Å². The van der Waals surface area contributed by atoms with Crippen molar-refractivity contribution in [2.45, 2.75) is 37.6 Å². The van der Waals surface area contributed by atoms with Gasteiger partial charge in [-0.2, -0.15) is 0 Å². The van der Waals surface area contributed by atoms with Crippen molar-refractivity contribution >= 4 is 5.69 Å². The van der Waals surface area contributed by atoms with Gasteiger partial charge in [0.05, 0.1) is 18.1 Å². The summed E-state index contributed by atoms with van der Waals surface area (Å²) in [6.45, 7) is 3.65. The number of piperidine rings is 1. The zero-order valence-electron chi connectivity index (χ0n) is 11.6. The molecule has 102 valence electrons. The number of fused-ring (bicyclic) bond motifs is 1. The molecule has 1 aromatic rings. The molecule has 1 aromatic heterocycles. The number of anilines is 1. The third-order valence-corrected chi connectivity index (χ3v) is 4.97. The second-order valence-electron chi connectivity index (χ2n) is 6.43. The van der Waals surface area contributed by atoms with Crippen molar-refractivity contribution in [1.29, 1.82) is 0 Å². The Morgan fingerprint density at radius 3 is 2.58 bits per heavy atom. The Morgan fingerprint density at radius 1 is 1.05 bits per heavy atom. The molecule has 2 aliphatic heterocycles. The van der Waals surface area contributed by atoms with Crippen molar-refractivity contribution < 1.29 is 0 Å². The van der Waals surface area contributed by atoms with Crippen LogP contribution in [0.2, 0.25) is 0 Å². The van der Waals surface area contributed by atoms with E-state index in [1.807, 2.05) is 0 Å². The smallest absolute Gasteiger partial charge is 0.131 e. The Kier molecular flexibility index (Phi) is 2.72. The van der Waals surface area contributed by atoms with Crippen LogP contribution in [0.25, 0.3) is 0 Å². The van der Waals surface area contributed by atoms with Crippen molar-refractivity contribution in [3.05, 3.63) is 18.2 Å². The molecule has 4 heteroatoms. The lowest BCUT2D eigenvalue weighted by molar-refractivity contribution is 0.202. The van der Waals surface area contributed by atoms with Crippen LogP contribution < -0.4 is 4.90 Å². The van der Waals surface area contributed by atoms with Crippen molar-refractivity contribution in [1.82, 2.24) is 14.9 Å². The SMILES string of the molecule is CN1CCC2[C@H](CCN2c2cnc(C3CC3)nc2)C1. The second-order valence-corrected chi connectivity index (χ2v) is 6.43. The van der Waals surface area contributed by atoms with Gasteiger partial charge in [-0.05, 0) is 45.2 Å². The van der Waals surface area contributed by atoms with Crippen LogP contribution in [-0.4, -0.2) is 47.6 Å². The average molecular weight is 258 g/mol. The highest BCUT2D eigenvalue weighted by Crippen LogP contribution is 2.39. The molecule has 0 N–H and O–H groups in total. The molecule has 0 bridgehead atoms. The van der Waals surface area contributed by atoms with Gasteiger partial charge in [-0.3, -0.25) is 0 Å². The molecule has 1 aliphatic carbocycles. The molecule has 19 heavy (non-hydrogen) atoms. The van der Waals surface area contributed by atoms with Crippen molar-refractivity contribution in [2.24, 2.45) is 5.92 Å². The predicted molar refractivity (Wildman–Crippen MR) is 75.4 cm³/mol. The summed E-state index contributed by atoms with van der Waals surface area (Å²) in [5, 5.41) is 0. The molecule has 3 aliphatic rings. The highest BCUT2D eigenvalue weighted by atomic mass is 15.2. The number of aromatic nitrogens is 2. The van der Waals surface area contributed by atoms with Gasteiger partial charge < -0.3 is 9.80 Å². The van der Waals surface area contributed by atoms with Crippen LogP contribution in [0.4, 0.5) is 5.69 Å². The summed E-state index contributed by atoms with van der Waals surface area (Å²) < 4.78 is 0. The van der Waals surface area contributed by atoms with Crippen LogP contribution in [-0.2, 0) is 0 Å². The molecule has 1 unspecified atom stereocenters. The van der Waals surface area contributed by atoms with E-state index in [2.05, 4.69) is 39.2 Å². The van der Waals surface area contributed by atoms with E-state index in [1.54, 1.807) is 0 Å². The lowest BCUT2D eigenvalue weighted by atomic mass is 9.93. The quantitative estimate of drug-likeness (QED) is 0.811. The zero-order chi connectivity index (χ0) is 12.8. The van der Waals surface area contributed by atoms with Crippen molar-refractivity contribution in [2.75, 3.05) is 31.6 Å². The normalized spacial score (nSPS) is 31.5. The molecule has 1 saturated carbocycles. The van der Waals surface area contributed by atoms with E-state index in [-0.39, 0.29) is 0 Å². The topological polar surface area (TPSA) is 32.3 Å². The molecule has 0 amide bonds. The minimum atomic E-state index is 0.656. The third-order valence-electron chi connectivity index (χ3n) is 4.97. The van der Waals surface area contributed by atoms with Crippen LogP contribution in [0, 0.1) is 5.92 Å². The number of hydrogen-bond acceptors (Lipinski definition) is 4. The molecule has 0 aromatic carbocycles. The van der Waals surface area contributed by atoms with Gasteiger partial charge in [0.2, 0.25) is 0 Å². The monoisotopic (exact) mass is 258 g/mol. The predicted octanol–water partition coefficient (Wildman–Crippen LogP) is 1.88. The molecular weight excluding hydrogens is 236 g/mol.